The van der Waals surface area contributed by atoms with Crippen molar-refractivity contribution in [2.24, 2.45) is 5.73 Å². The minimum atomic E-state index is -0.102. The van der Waals surface area contributed by atoms with Gasteiger partial charge in [0.1, 0.15) is 0 Å². The molecule has 4 aromatic rings. The van der Waals surface area contributed by atoms with Gasteiger partial charge in [-0.05, 0) is 65.0 Å². The van der Waals surface area contributed by atoms with E-state index in [1.807, 2.05) is 59.5 Å². The fraction of sp³-hybridized carbons (Fsp3) is 0.294. The van der Waals surface area contributed by atoms with Crippen LogP contribution in [0, 0.1) is 0 Å². The number of carbonyl (C=O) groups is 2. The first-order valence-electron chi connectivity index (χ1n) is 14.2. The highest BCUT2D eigenvalue weighted by molar-refractivity contribution is 5.94. The summed E-state index contributed by atoms with van der Waals surface area (Å²) in [4.78, 5) is 27.3. The third kappa shape index (κ3) is 8.25. The molecule has 0 bridgehead atoms. The van der Waals surface area contributed by atoms with E-state index >= 15 is 0 Å². The number of nitrogens with two attached hydrogens (primary N) is 1. The predicted octanol–water partition coefficient (Wildman–Crippen LogP) is 5.37. The zero-order valence-electron chi connectivity index (χ0n) is 23.3. The lowest BCUT2D eigenvalue weighted by atomic mass is 10.0. The summed E-state index contributed by atoms with van der Waals surface area (Å²) in [5, 5.41) is 8.71. The minimum Gasteiger partial charge on any atom is -0.350 e. The van der Waals surface area contributed by atoms with Gasteiger partial charge >= 0.3 is 0 Å². The summed E-state index contributed by atoms with van der Waals surface area (Å²) in [5.74, 6) is -0.0153. The van der Waals surface area contributed by atoms with Crippen molar-refractivity contribution in [1.29, 1.82) is 0 Å². The van der Waals surface area contributed by atoms with Crippen LogP contribution in [0.3, 0.4) is 0 Å². The SMILES string of the molecule is CCCCN.O=C(NCC1CCN(Cc2ccc3ccccc3c2)C(=O)CN1)c1ccc(-c2ccccc2)cc1. The lowest BCUT2D eigenvalue weighted by Gasteiger charge is -2.21. The van der Waals surface area contributed by atoms with Crippen molar-refractivity contribution in [3.8, 4) is 11.1 Å². The molecule has 1 aliphatic heterocycles. The fourth-order valence-electron chi connectivity index (χ4n) is 4.75. The standard InChI is InChI=1S/C30H29N3O2.C4H11N/c34-29-20-31-28(16-17-33(29)21-22-10-11-24-8-4-5-9-27(24)18-22)19-32-30(35)26-14-12-25(13-15-26)23-6-2-1-3-7-23;1-2-3-4-5/h1-15,18,28,31H,16-17,19-21H2,(H,32,35);2-5H2,1H3. The molecule has 1 aliphatic rings. The Labute approximate surface area is 237 Å². The quantitative estimate of drug-likeness (QED) is 0.282. The van der Waals surface area contributed by atoms with Gasteiger partial charge in [0.05, 0.1) is 6.54 Å². The number of fused-ring (bicyclic) bond motifs is 1. The molecule has 2 amide bonds. The number of hydrogen-bond acceptors (Lipinski definition) is 4. The maximum atomic E-state index is 12.7. The lowest BCUT2D eigenvalue weighted by Crippen LogP contribution is -2.41. The number of nitrogens with one attached hydrogen (secondary N) is 2. The van der Waals surface area contributed by atoms with Crippen molar-refractivity contribution in [3.05, 3.63) is 108 Å². The van der Waals surface area contributed by atoms with Crippen LogP contribution in [-0.4, -0.2) is 48.9 Å². The summed E-state index contributed by atoms with van der Waals surface area (Å²) < 4.78 is 0. The molecule has 4 aromatic carbocycles. The highest BCUT2D eigenvalue weighted by Crippen LogP contribution is 2.20. The van der Waals surface area contributed by atoms with E-state index in [4.69, 9.17) is 5.73 Å². The molecular weight excluding hydrogens is 496 g/mol. The van der Waals surface area contributed by atoms with Gasteiger partial charge in [-0.25, -0.2) is 0 Å². The molecule has 208 valence electrons. The second-order valence-corrected chi connectivity index (χ2v) is 10.2. The van der Waals surface area contributed by atoms with Crippen LogP contribution in [0.4, 0.5) is 0 Å². The molecule has 0 spiro atoms. The van der Waals surface area contributed by atoms with Crippen molar-refractivity contribution >= 4 is 22.6 Å². The van der Waals surface area contributed by atoms with E-state index in [1.54, 1.807) is 0 Å². The van der Waals surface area contributed by atoms with Crippen molar-refractivity contribution in [1.82, 2.24) is 15.5 Å². The Morgan fingerprint density at radius 1 is 0.925 bits per heavy atom. The number of unbranched alkanes of at least 4 members (excludes halogenated alkanes) is 1. The summed E-state index contributed by atoms with van der Waals surface area (Å²) >= 11 is 0. The lowest BCUT2D eigenvalue weighted by molar-refractivity contribution is -0.130. The average Bonchev–Trinajstić information content (AvgIpc) is 3.18. The first-order chi connectivity index (χ1) is 19.6. The fourth-order valence-corrected chi connectivity index (χ4v) is 4.75. The summed E-state index contributed by atoms with van der Waals surface area (Å²) in [6, 6.07) is 32.4. The third-order valence-corrected chi connectivity index (χ3v) is 7.15. The van der Waals surface area contributed by atoms with Crippen LogP contribution in [-0.2, 0) is 11.3 Å². The number of rotatable bonds is 8. The summed E-state index contributed by atoms with van der Waals surface area (Å²) in [6.45, 7) is 4.99. The highest BCUT2D eigenvalue weighted by atomic mass is 16.2. The van der Waals surface area contributed by atoms with E-state index in [-0.39, 0.29) is 24.4 Å². The van der Waals surface area contributed by atoms with Crippen LogP contribution >= 0.6 is 0 Å². The van der Waals surface area contributed by atoms with Crippen LogP contribution in [0.1, 0.15) is 42.1 Å². The van der Waals surface area contributed by atoms with E-state index in [0.29, 0.717) is 25.2 Å². The van der Waals surface area contributed by atoms with E-state index in [1.165, 1.54) is 23.6 Å². The number of carbonyl (C=O) groups excluding carboxylic acids is 2. The molecule has 1 unspecified atom stereocenters. The minimum absolute atomic E-state index is 0.0492. The summed E-state index contributed by atoms with van der Waals surface area (Å²) in [6.07, 6.45) is 3.17. The largest absolute Gasteiger partial charge is 0.350 e. The monoisotopic (exact) mass is 536 g/mol. The van der Waals surface area contributed by atoms with Gasteiger partial charge in [0.2, 0.25) is 5.91 Å². The van der Waals surface area contributed by atoms with E-state index in [9.17, 15) is 9.59 Å². The van der Waals surface area contributed by atoms with Crippen molar-refractivity contribution < 1.29 is 9.59 Å². The van der Waals surface area contributed by atoms with Crippen molar-refractivity contribution in [2.75, 3.05) is 26.2 Å². The summed E-state index contributed by atoms with van der Waals surface area (Å²) in [7, 11) is 0. The van der Waals surface area contributed by atoms with Gasteiger partial charge in [0.15, 0.2) is 0 Å². The highest BCUT2D eigenvalue weighted by Gasteiger charge is 2.22. The maximum absolute atomic E-state index is 12.7. The zero-order valence-corrected chi connectivity index (χ0v) is 23.3. The Kier molecular flexibility index (Phi) is 10.8. The van der Waals surface area contributed by atoms with Gasteiger partial charge in [-0.3, -0.25) is 9.59 Å². The Hall–Kier alpha value is -4.00. The van der Waals surface area contributed by atoms with E-state index in [2.05, 4.69) is 60.0 Å². The smallest absolute Gasteiger partial charge is 0.251 e. The molecule has 1 heterocycles. The predicted molar refractivity (Wildman–Crippen MR) is 164 cm³/mol. The molecule has 1 fully saturated rings. The van der Waals surface area contributed by atoms with Gasteiger partial charge in [-0.15, -0.1) is 0 Å². The molecule has 6 heteroatoms. The normalized spacial score (nSPS) is 15.2. The zero-order chi connectivity index (χ0) is 28.2. The molecule has 4 N–H and O–H groups in total. The van der Waals surface area contributed by atoms with Crippen LogP contribution in [0.2, 0.25) is 0 Å². The molecule has 0 saturated carbocycles. The summed E-state index contributed by atoms with van der Waals surface area (Å²) in [5.41, 5.74) is 9.10. The third-order valence-electron chi connectivity index (χ3n) is 7.15. The number of hydrogen-bond donors (Lipinski definition) is 3. The topological polar surface area (TPSA) is 87.5 Å². The van der Waals surface area contributed by atoms with Crippen LogP contribution in [0.15, 0.2) is 97.1 Å². The second kappa shape index (κ2) is 15.0. The van der Waals surface area contributed by atoms with Gasteiger partial charge in [0.25, 0.3) is 5.91 Å². The van der Waals surface area contributed by atoms with Crippen molar-refractivity contribution in [2.45, 2.75) is 38.8 Å². The molecule has 1 saturated heterocycles. The molecule has 0 aromatic heterocycles. The number of amides is 2. The van der Waals surface area contributed by atoms with E-state index < -0.39 is 0 Å². The van der Waals surface area contributed by atoms with Gasteiger partial charge in [-0.1, -0.05) is 92.2 Å². The van der Waals surface area contributed by atoms with Gasteiger partial charge < -0.3 is 21.3 Å². The number of benzene rings is 4. The first kappa shape index (κ1) is 29.0. The average molecular weight is 537 g/mol. The molecule has 0 radical (unpaired) electrons. The van der Waals surface area contributed by atoms with Gasteiger partial charge in [0, 0.05) is 31.2 Å². The molecule has 1 atom stereocenters. The number of nitrogens with zero attached hydrogens (tertiary/aromatic N) is 1. The van der Waals surface area contributed by atoms with Crippen molar-refractivity contribution in [3.63, 3.8) is 0 Å². The van der Waals surface area contributed by atoms with Crippen LogP contribution in [0.5, 0.6) is 0 Å². The van der Waals surface area contributed by atoms with Crippen LogP contribution < -0.4 is 16.4 Å². The second-order valence-electron chi connectivity index (χ2n) is 10.2. The Balaban J connectivity index is 0.000000681. The Morgan fingerprint density at radius 2 is 1.62 bits per heavy atom. The Bertz CT molecular complexity index is 1370. The molecule has 40 heavy (non-hydrogen) atoms. The maximum Gasteiger partial charge on any atom is 0.251 e. The molecular formula is C34H40N4O2. The molecule has 5 rings (SSSR count). The molecule has 6 nitrogen and oxygen atoms in total. The first-order valence-corrected chi connectivity index (χ1v) is 14.2. The van der Waals surface area contributed by atoms with Crippen LogP contribution in [0.25, 0.3) is 21.9 Å². The Morgan fingerprint density at radius 3 is 2.33 bits per heavy atom. The van der Waals surface area contributed by atoms with Gasteiger partial charge in [-0.2, -0.15) is 0 Å². The van der Waals surface area contributed by atoms with E-state index in [0.717, 1.165) is 29.7 Å². The molecule has 0 aliphatic carbocycles.